The molecular formula is C57H98O5. The van der Waals surface area contributed by atoms with Crippen LogP contribution in [0.3, 0.4) is 0 Å². The molecule has 0 spiro atoms. The van der Waals surface area contributed by atoms with Crippen molar-refractivity contribution in [3.8, 4) is 0 Å². The Morgan fingerprint density at radius 3 is 1.03 bits per heavy atom. The van der Waals surface area contributed by atoms with Gasteiger partial charge in [-0.1, -0.05) is 253 Å². The van der Waals surface area contributed by atoms with Crippen molar-refractivity contribution in [1.29, 1.82) is 0 Å². The van der Waals surface area contributed by atoms with Crippen LogP contribution in [0.2, 0.25) is 0 Å². The summed E-state index contributed by atoms with van der Waals surface area (Å²) in [6, 6.07) is 0. The molecule has 0 aliphatic carbocycles. The maximum atomic E-state index is 12.2. The van der Waals surface area contributed by atoms with Crippen LogP contribution in [-0.2, 0) is 19.1 Å². The Labute approximate surface area is 384 Å². The monoisotopic (exact) mass is 863 g/mol. The van der Waals surface area contributed by atoms with Gasteiger partial charge in [0.1, 0.15) is 6.61 Å². The molecule has 0 aromatic carbocycles. The second-order valence-corrected chi connectivity index (χ2v) is 17.2. The summed E-state index contributed by atoms with van der Waals surface area (Å²) in [6.45, 7) is 4.00. The number of carbonyl (C=O) groups is 2. The number of ether oxygens (including phenoxy) is 2. The van der Waals surface area contributed by atoms with Gasteiger partial charge in [-0.25, -0.2) is 0 Å². The third kappa shape index (κ3) is 49.7. The smallest absolute Gasteiger partial charge is 0.306 e. The van der Waals surface area contributed by atoms with Gasteiger partial charge < -0.3 is 14.6 Å². The maximum Gasteiger partial charge on any atom is 0.306 e. The lowest BCUT2D eigenvalue weighted by molar-refractivity contribution is -0.161. The van der Waals surface area contributed by atoms with Crippen molar-refractivity contribution < 1.29 is 24.2 Å². The van der Waals surface area contributed by atoms with E-state index in [0.717, 1.165) is 70.6 Å². The summed E-state index contributed by atoms with van der Waals surface area (Å²) in [5, 5.41) is 9.62. The van der Waals surface area contributed by atoms with E-state index < -0.39 is 6.10 Å². The molecule has 62 heavy (non-hydrogen) atoms. The van der Waals surface area contributed by atoms with Gasteiger partial charge in [-0.05, 0) is 64.2 Å². The molecule has 0 fully saturated rings. The number of hydrogen-bond acceptors (Lipinski definition) is 5. The highest BCUT2D eigenvalue weighted by molar-refractivity contribution is 5.70. The van der Waals surface area contributed by atoms with Crippen LogP contribution in [0.1, 0.15) is 245 Å². The standard InChI is InChI=1S/C57H98O5/c1-3-5-7-9-11-13-15-17-19-21-23-25-27-28-30-31-33-35-37-39-41-43-45-47-49-51-56(59)61-54-55(53-58)62-57(60)52-50-48-46-44-42-40-38-36-34-32-29-26-24-22-20-18-16-14-12-10-8-6-4-2/h6,8,12,14,18,20,24,26,32,34,38,40,44,46,55,58H,3-5,7,9-11,13,15-17,19,21-23,25,27-31,33,35-37,39,41-43,45,47-54H2,1-2H3/b8-6-,14-12-,20-18-,26-24-,34-32-,40-38-,46-44-. The summed E-state index contributed by atoms with van der Waals surface area (Å²) in [5.74, 6) is -0.656. The lowest BCUT2D eigenvalue weighted by Crippen LogP contribution is -2.28. The maximum absolute atomic E-state index is 12.2. The highest BCUT2D eigenvalue weighted by Gasteiger charge is 2.16. The Morgan fingerprint density at radius 1 is 0.387 bits per heavy atom. The van der Waals surface area contributed by atoms with E-state index in [0.29, 0.717) is 12.8 Å². The Kier molecular flexibility index (Phi) is 50.0. The van der Waals surface area contributed by atoms with E-state index in [-0.39, 0.29) is 31.6 Å². The normalized spacial score (nSPS) is 12.9. The molecule has 356 valence electrons. The van der Waals surface area contributed by atoms with Crippen LogP contribution in [0.5, 0.6) is 0 Å². The topological polar surface area (TPSA) is 72.8 Å². The molecule has 0 bridgehead atoms. The number of carbonyl (C=O) groups excluding carboxylic acids is 2. The van der Waals surface area contributed by atoms with Crippen LogP contribution in [0.4, 0.5) is 0 Å². The number of aliphatic hydroxyl groups is 1. The fraction of sp³-hybridized carbons (Fsp3) is 0.719. The van der Waals surface area contributed by atoms with Crippen molar-refractivity contribution in [3.63, 3.8) is 0 Å². The molecule has 0 aliphatic heterocycles. The number of hydrogen-bond donors (Lipinski definition) is 1. The van der Waals surface area contributed by atoms with Gasteiger partial charge in [0.05, 0.1) is 6.61 Å². The summed E-state index contributed by atoms with van der Waals surface area (Å²) in [4.78, 5) is 24.4. The van der Waals surface area contributed by atoms with E-state index >= 15 is 0 Å². The van der Waals surface area contributed by atoms with E-state index in [1.807, 2.05) is 0 Å². The first-order valence-corrected chi connectivity index (χ1v) is 26.1. The molecule has 5 heteroatoms. The summed E-state index contributed by atoms with van der Waals surface area (Å²) in [5.41, 5.74) is 0. The van der Waals surface area contributed by atoms with Gasteiger partial charge in [-0.2, -0.15) is 0 Å². The molecule has 0 aromatic heterocycles. The average Bonchev–Trinajstić information content (AvgIpc) is 3.28. The van der Waals surface area contributed by atoms with Crippen LogP contribution >= 0.6 is 0 Å². The highest BCUT2D eigenvalue weighted by atomic mass is 16.6. The molecule has 1 unspecified atom stereocenters. The van der Waals surface area contributed by atoms with Crippen molar-refractivity contribution in [2.45, 2.75) is 251 Å². The Hall–Kier alpha value is -2.92. The lowest BCUT2D eigenvalue weighted by Gasteiger charge is -2.15. The van der Waals surface area contributed by atoms with Crippen LogP contribution < -0.4 is 0 Å². The number of rotatable bonds is 47. The molecule has 0 aliphatic rings. The second kappa shape index (κ2) is 52.4. The summed E-state index contributed by atoms with van der Waals surface area (Å²) < 4.78 is 10.6. The van der Waals surface area contributed by atoms with Crippen molar-refractivity contribution >= 4 is 11.9 Å². The quantitative estimate of drug-likeness (QED) is 0.0375. The van der Waals surface area contributed by atoms with Crippen molar-refractivity contribution in [2.75, 3.05) is 13.2 Å². The molecule has 5 nitrogen and oxygen atoms in total. The van der Waals surface area contributed by atoms with E-state index in [9.17, 15) is 14.7 Å². The van der Waals surface area contributed by atoms with E-state index in [2.05, 4.69) is 98.9 Å². The molecule has 0 rings (SSSR count). The summed E-state index contributed by atoms with van der Waals surface area (Å²) >= 11 is 0. The zero-order valence-corrected chi connectivity index (χ0v) is 40.6. The van der Waals surface area contributed by atoms with Crippen LogP contribution in [0, 0.1) is 0 Å². The molecule has 1 atom stereocenters. The minimum absolute atomic E-state index is 0.0909. The predicted octanol–water partition coefficient (Wildman–Crippen LogP) is 17.4. The number of aliphatic hydroxyl groups excluding tert-OH is 1. The first-order chi connectivity index (χ1) is 30.6. The van der Waals surface area contributed by atoms with E-state index in [4.69, 9.17) is 9.47 Å². The molecule has 0 saturated heterocycles. The zero-order valence-electron chi connectivity index (χ0n) is 40.6. The average molecular weight is 863 g/mol. The SMILES string of the molecule is CC/C=C\C/C=C\C/C=C\C/C=C\C/C=C\C/C=C\C/C=C\CCCC(=O)OC(CO)COC(=O)CCCCCCCCCCCCCCCCCCCCCCCCCCC. The Bertz CT molecular complexity index is 1160. The van der Waals surface area contributed by atoms with Crippen molar-refractivity contribution in [1.82, 2.24) is 0 Å². The van der Waals surface area contributed by atoms with Crippen molar-refractivity contribution in [2.24, 2.45) is 0 Å². The number of allylic oxidation sites excluding steroid dienone is 14. The fourth-order valence-corrected chi connectivity index (χ4v) is 7.31. The van der Waals surface area contributed by atoms with Gasteiger partial charge in [0, 0.05) is 12.8 Å². The molecule has 1 N–H and O–H groups in total. The van der Waals surface area contributed by atoms with Gasteiger partial charge in [0.2, 0.25) is 0 Å². The summed E-state index contributed by atoms with van der Waals surface area (Å²) in [7, 11) is 0. The largest absolute Gasteiger partial charge is 0.462 e. The van der Waals surface area contributed by atoms with Crippen LogP contribution in [0.15, 0.2) is 85.1 Å². The Balaban J connectivity index is 3.58. The third-order valence-corrected chi connectivity index (χ3v) is 11.2. The van der Waals surface area contributed by atoms with E-state index in [1.165, 1.54) is 141 Å². The molecule has 0 aromatic rings. The molecular weight excluding hydrogens is 765 g/mol. The van der Waals surface area contributed by atoms with Gasteiger partial charge in [-0.3, -0.25) is 9.59 Å². The van der Waals surface area contributed by atoms with Crippen molar-refractivity contribution in [3.05, 3.63) is 85.1 Å². The third-order valence-electron chi connectivity index (χ3n) is 11.2. The predicted molar refractivity (Wildman–Crippen MR) is 269 cm³/mol. The van der Waals surface area contributed by atoms with Gasteiger partial charge in [0.25, 0.3) is 0 Å². The first-order valence-electron chi connectivity index (χ1n) is 26.1. The second-order valence-electron chi connectivity index (χ2n) is 17.2. The van der Waals surface area contributed by atoms with E-state index in [1.54, 1.807) is 0 Å². The minimum atomic E-state index is -0.806. The van der Waals surface area contributed by atoms with Crippen LogP contribution in [-0.4, -0.2) is 36.4 Å². The molecule has 0 heterocycles. The zero-order chi connectivity index (χ0) is 44.9. The minimum Gasteiger partial charge on any atom is -0.462 e. The summed E-state index contributed by atoms with van der Waals surface area (Å²) in [6.07, 6.45) is 72.6. The lowest BCUT2D eigenvalue weighted by atomic mass is 10.0. The van der Waals surface area contributed by atoms with Crippen LogP contribution in [0.25, 0.3) is 0 Å². The number of unbranched alkanes of at least 4 members (excludes halogenated alkanes) is 25. The molecule has 0 saturated carbocycles. The first kappa shape index (κ1) is 59.1. The highest BCUT2D eigenvalue weighted by Crippen LogP contribution is 2.16. The van der Waals surface area contributed by atoms with Gasteiger partial charge in [0.15, 0.2) is 6.10 Å². The fourth-order valence-electron chi connectivity index (χ4n) is 7.31. The van der Waals surface area contributed by atoms with Gasteiger partial charge in [-0.15, -0.1) is 0 Å². The van der Waals surface area contributed by atoms with Gasteiger partial charge >= 0.3 is 11.9 Å². The Morgan fingerprint density at radius 2 is 0.694 bits per heavy atom. The number of esters is 2. The molecule has 0 radical (unpaired) electrons. The molecule has 0 amide bonds.